The summed E-state index contributed by atoms with van der Waals surface area (Å²) in [5.74, 6) is 1.34. The van der Waals surface area contributed by atoms with Crippen molar-refractivity contribution in [3.8, 4) is 17.2 Å². The molecule has 0 atom stereocenters. The Morgan fingerprint density at radius 1 is 1.10 bits per heavy atom. The molecule has 1 heterocycles. The minimum absolute atomic E-state index is 0.270. The predicted molar refractivity (Wildman–Crippen MR) is 75.5 cm³/mol. The molecule has 0 unspecified atom stereocenters. The lowest BCUT2D eigenvalue weighted by molar-refractivity contribution is 0.414. The highest BCUT2D eigenvalue weighted by atomic mass is 19.1. The fraction of sp³-hybridized carbons (Fsp3) is 0.125. The van der Waals surface area contributed by atoms with E-state index in [2.05, 4.69) is 10.1 Å². The fourth-order valence-electron chi connectivity index (χ4n) is 1.99. The average Bonchev–Trinajstić information content (AvgIpc) is 2.98. The molecular weight excluding hydrogens is 271 g/mol. The summed E-state index contributed by atoms with van der Waals surface area (Å²) in [6, 6.07) is 13.9. The van der Waals surface area contributed by atoms with Crippen molar-refractivity contribution in [1.29, 1.82) is 0 Å². The number of ether oxygens (including phenoxy) is 1. The molecule has 5 heteroatoms. The van der Waals surface area contributed by atoms with Crippen LogP contribution in [0.4, 0.5) is 4.39 Å². The van der Waals surface area contributed by atoms with Gasteiger partial charge in [-0.15, -0.1) is 0 Å². The lowest BCUT2D eigenvalue weighted by atomic mass is 10.1. The van der Waals surface area contributed by atoms with Gasteiger partial charge in [-0.25, -0.2) is 4.39 Å². The maximum absolute atomic E-state index is 13.6. The van der Waals surface area contributed by atoms with Crippen LogP contribution in [0.3, 0.4) is 0 Å². The molecule has 0 spiro atoms. The molecule has 4 nitrogen and oxygen atoms in total. The van der Waals surface area contributed by atoms with Crippen LogP contribution < -0.4 is 4.74 Å². The zero-order valence-electron chi connectivity index (χ0n) is 11.4. The van der Waals surface area contributed by atoms with E-state index in [0.29, 0.717) is 23.7 Å². The third-order valence-corrected chi connectivity index (χ3v) is 3.11. The van der Waals surface area contributed by atoms with E-state index in [4.69, 9.17) is 9.26 Å². The van der Waals surface area contributed by atoms with E-state index in [1.54, 1.807) is 25.3 Å². The molecule has 0 amide bonds. The lowest BCUT2D eigenvalue weighted by Crippen LogP contribution is -1.94. The van der Waals surface area contributed by atoms with Gasteiger partial charge in [-0.3, -0.25) is 0 Å². The maximum atomic E-state index is 13.6. The predicted octanol–water partition coefficient (Wildman–Crippen LogP) is 3.48. The number of benzene rings is 2. The van der Waals surface area contributed by atoms with E-state index in [1.807, 2.05) is 24.3 Å². The van der Waals surface area contributed by atoms with Gasteiger partial charge in [0, 0.05) is 12.0 Å². The van der Waals surface area contributed by atoms with Gasteiger partial charge in [0.15, 0.2) is 5.82 Å². The van der Waals surface area contributed by atoms with E-state index >= 15 is 0 Å². The molecule has 0 bridgehead atoms. The van der Waals surface area contributed by atoms with Gasteiger partial charge in [0.25, 0.3) is 5.89 Å². The zero-order chi connectivity index (χ0) is 14.7. The molecule has 0 aliphatic rings. The zero-order valence-corrected chi connectivity index (χ0v) is 11.4. The van der Waals surface area contributed by atoms with Gasteiger partial charge in [0.2, 0.25) is 0 Å². The molecule has 0 aliphatic heterocycles. The molecule has 0 saturated carbocycles. The number of nitrogens with zero attached hydrogens (tertiary/aromatic N) is 2. The Kier molecular flexibility index (Phi) is 3.64. The number of rotatable bonds is 4. The minimum atomic E-state index is -0.270. The standard InChI is InChI=1S/C16H13FN2O2/c1-20-13-8-6-11(7-9-13)16-18-15(19-21-16)10-12-4-2-3-5-14(12)17/h2-9H,10H2,1H3. The Morgan fingerprint density at radius 2 is 1.86 bits per heavy atom. The number of hydrogen-bond acceptors (Lipinski definition) is 4. The second kappa shape index (κ2) is 5.75. The number of hydrogen-bond donors (Lipinski definition) is 0. The smallest absolute Gasteiger partial charge is 0.257 e. The SMILES string of the molecule is COc1ccc(-c2nc(Cc3ccccc3F)no2)cc1. The molecular formula is C16H13FN2O2. The first-order valence-corrected chi connectivity index (χ1v) is 6.46. The number of aromatic nitrogens is 2. The first kappa shape index (κ1) is 13.3. The quantitative estimate of drug-likeness (QED) is 0.736. The van der Waals surface area contributed by atoms with Crippen LogP contribution in [0.5, 0.6) is 5.75 Å². The number of halogens is 1. The first-order chi connectivity index (χ1) is 10.3. The molecule has 0 aliphatic carbocycles. The Hall–Kier alpha value is -2.69. The second-order valence-corrected chi connectivity index (χ2v) is 4.51. The van der Waals surface area contributed by atoms with Crippen LogP contribution in [-0.2, 0) is 6.42 Å². The average molecular weight is 284 g/mol. The van der Waals surface area contributed by atoms with Crippen LogP contribution in [0.1, 0.15) is 11.4 Å². The molecule has 1 aromatic heterocycles. The summed E-state index contributed by atoms with van der Waals surface area (Å²) in [7, 11) is 1.61. The molecule has 0 radical (unpaired) electrons. The monoisotopic (exact) mass is 284 g/mol. The molecule has 21 heavy (non-hydrogen) atoms. The van der Waals surface area contributed by atoms with Gasteiger partial charge in [0.05, 0.1) is 7.11 Å². The third kappa shape index (κ3) is 2.91. The maximum Gasteiger partial charge on any atom is 0.257 e. The van der Waals surface area contributed by atoms with Crippen molar-refractivity contribution in [3.05, 3.63) is 65.7 Å². The highest BCUT2D eigenvalue weighted by molar-refractivity contribution is 5.54. The van der Waals surface area contributed by atoms with Crippen molar-refractivity contribution in [3.63, 3.8) is 0 Å². The summed E-state index contributed by atoms with van der Waals surface area (Å²) in [6.07, 6.45) is 0.298. The van der Waals surface area contributed by atoms with E-state index in [-0.39, 0.29) is 5.82 Å². The van der Waals surface area contributed by atoms with E-state index in [0.717, 1.165) is 11.3 Å². The molecule has 0 saturated heterocycles. The Morgan fingerprint density at radius 3 is 2.57 bits per heavy atom. The van der Waals surface area contributed by atoms with Gasteiger partial charge in [-0.2, -0.15) is 4.98 Å². The van der Waals surface area contributed by atoms with Crippen molar-refractivity contribution < 1.29 is 13.7 Å². The summed E-state index contributed by atoms with van der Waals surface area (Å²) in [4.78, 5) is 4.29. The Bertz CT molecular complexity index is 738. The largest absolute Gasteiger partial charge is 0.497 e. The van der Waals surface area contributed by atoms with Crippen molar-refractivity contribution in [2.24, 2.45) is 0 Å². The van der Waals surface area contributed by atoms with Gasteiger partial charge in [0.1, 0.15) is 11.6 Å². The van der Waals surface area contributed by atoms with Gasteiger partial charge in [-0.05, 0) is 35.9 Å². The lowest BCUT2D eigenvalue weighted by Gasteiger charge is -1.99. The molecule has 3 aromatic rings. The first-order valence-electron chi connectivity index (χ1n) is 6.46. The van der Waals surface area contributed by atoms with Crippen LogP contribution in [-0.4, -0.2) is 17.3 Å². The summed E-state index contributed by atoms with van der Waals surface area (Å²) < 4.78 is 23.9. The van der Waals surface area contributed by atoms with Crippen LogP contribution in [0.15, 0.2) is 53.1 Å². The van der Waals surface area contributed by atoms with Crippen molar-refractivity contribution in [2.75, 3.05) is 7.11 Å². The van der Waals surface area contributed by atoms with Crippen LogP contribution in [0, 0.1) is 5.82 Å². The summed E-state index contributed by atoms with van der Waals surface area (Å²) in [5, 5.41) is 3.89. The van der Waals surface area contributed by atoms with Gasteiger partial charge in [-0.1, -0.05) is 23.4 Å². The van der Waals surface area contributed by atoms with E-state index in [9.17, 15) is 4.39 Å². The van der Waals surface area contributed by atoms with Crippen molar-refractivity contribution in [1.82, 2.24) is 10.1 Å². The van der Waals surface area contributed by atoms with Gasteiger partial charge >= 0.3 is 0 Å². The molecule has 2 aromatic carbocycles. The normalized spacial score (nSPS) is 10.6. The summed E-state index contributed by atoms with van der Waals surface area (Å²) in [5.41, 5.74) is 1.34. The van der Waals surface area contributed by atoms with Crippen LogP contribution in [0.25, 0.3) is 11.5 Å². The van der Waals surface area contributed by atoms with E-state index < -0.39 is 0 Å². The Labute approximate surface area is 121 Å². The molecule has 0 fully saturated rings. The number of methoxy groups -OCH3 is 1. The van der Waals surface area contributed by atoms with Crippen molar-refractivity contribution >= 4 is 0 Å². The molecule has 3 rings (SSSR count). The topological polar surface area (TPSA) is 48.2 Å². The highest BCUT2D eigenvalue weighted by Crippen LogP contribution is 2.21. The summed E-state index contributed by atoms with van der Waals surface area (Å²) in [6.45, 7) is 0. The fourth-order valence-corrected chi connectivity index (χ4v) is 1.99. The third-order valence-electron chi connectivity index (χ3n) is 3.11. The molecule has 0 N–H and O–H groups in total. The Balaban J connectivity index is 1.81. The van der Waals surface area contributed by atoms with E-state index in [1.165, 1.54) is 6.07 Å². The highest BCUT2D eigenvalue weighted by Gasteiger charge is 2.11. The van der Waals surface area contributed by atoms with Crippen molar-refractivity contribution in [2.45, 2.75) is 6.42 Å². The minimum Gasteiger partial charge on any atom is -0.497 e. The summed E-state index contributed by atoms with van der Waals surface area (Å²) >= 11 is 0. The molecule has 106 valence electrons. The van der Waals surface area contributed by atoms with Gasteiger partial charge < -0.3 is 9.26 Å². The second-order valence-electron chi connectivity index (χ2n) is 4.51. The van der Waals surface area contributed by atoms with Crippen LogP contribution >= 0.6 is 0 Å². The van der Waals surface area contributed by atoms with Crippen LogP contribution in [0.2, 0.25) is 0 Å².